The molecule has 2 aromatic rings. The number of carbonyl (C=O) groups is 1. The summed E-state index contributed by atoms with van der Waals surface area (Å²) in [7, 11) is -3.04. The zero-order chi connectivity index (χ0) is 21.8. The van der Waals surface area contributed by atoms with Crippen LogP contribution in [0.25, 0.3) is 6.08 Å². The number of primary amides is 1. The average Bonchev–Trinajstić information content (AvgIpc) is 2.67. The average molecular weight is 484 g/mol. The topological polar surface area (TPSA) is 167 Å². The standard InChI is InChI=1S/C17H14BrN3O7S/c1-27-15-8-10(6-11(9-19)17(20)22)7-14(18)16(15)28-29(25,26)13-4-2-12(3-5-13)21(23)24/h2-8,21,23H,1H3,(H2,20,22). The van der Waals surface area contributed by atoms with Crippen molar-refractivity contribution in [1.29, 1.82) is 5.26 Å². The molecular weight excluding hydrogens is 470 g/mol. The van der Waals surface area contributed by atoms with Crippen molar-refractivity contribution >= 4 is 43.7 Å². The van der Waals surface area contributed by atoms with Crippen LogP contribution >= 0.6 is 15.9 Å². The Bertz CT molecular complexity index is 1110. The highest BCUT2D eigenvalue weighted by Crippen LogP contribution is 2.39. The Morgan fingerprint density at radius 2 is 1.97 bits per heavy atom. The number of rotatable bonds is 7. The van der Waals surface area contributed by atoms with E-state index >= 15 is 0 Å². The van der Waals surface area contributed by atoms with Gasteiger partial charge >= 0.3 is 10.1 Å². The van der Waals surface area contributed by atoms with Crippen molar-refractivity contribution < 1.29 is 32.6 Å². The minimum absolute atomic E-state index is 0.00174. The molecule has 0 radical (unpaired) electrons. The highest BCUT2D eigenvalue weighted by atomic mass is 79.9. The second-order valence-corrected chi connectivity index (χ2v) is 7.84. The van der Waals surface area contributed by atoms with Crippen molar-refractivity contribution in [1.82, 2.24) is 0 Å². The number of carbonyl (C=O) groups excluding carboxylic acids is 1. The number of nitrogens with zero attached hydrogens (tertiary/aromatic N) is 1. The van der Waals surface area contributed by atoms with E-state index in [4.69, 9.17) is 25.1 Å². The van der Waals surface area contributed by atoms with Gasteiger partial charge in [0.1, 0.15) is 16.5 Å². The molecule has 29 heavy (non-hydrogen) atoms. The van der Waals surface area contributed by atoms with Crippen molar-refractivity contribution in [2.45, 2.75) is 4.90 Å². The lowest BCUT2D eigenvalue weighted by Crippen LogP contribution is -2.99. The molecule has 0 aliphatic rings. The van der Waals surface area contributed by atoms with Crippen molar-refractivity contribution in [2.75, 3.05) is 7.11 Å². The van der Waals surface area contributed by atoms with Crippen molar-refractivity contribution in [3.8, 4) is 17.6 Å². The van der Waals surface area contributed by atoms with E-state index in [0.29, 0.717) is 5.56 Å². The summed E-state index contributed by atoms with van der Waals surface area (Å²) >= 11 is 3.17. The maximum Gasteiger partial charge on any atom is 0.339 e. The Labute approximate surface area is 174 Å². The third-order valence-electron chi connectivity index (χ3n) is 3.53. The van der Waals surface area contributed by atoms with Crippen LogP contribution in [0.1, 0.15) is 5.56 Å². The number of quaternary nitrogens is 1. The molecule has 4 N–H and O–H groups in total. The number of hydrogen-bond acceptors (Lipinski definition) is 8. The monoisotopic (exact) mass is 483 g/mol. The number of nitrogens with two attached hydrogens (primary N) is 1. The molecule has 2 aromatic carbocycles. The van der Waals surface area contributed by atoms with Gasteiger partial charge in [-0.05, 0) is 51.8 Å². The van der Waals surface area contributed by atoms with Gasteiger partial charge in [-0.1, -0.05) is 0 Å². The van der Waals surface area contributed by atoms with Crippen LogP contribution in [0.5, 0.6) is 11.5 Å². The first kappa shape index (κ1) is 22.3. The fraction of sp³-hybridized carbons (Fsp3) is 0.0588. The first-order chi connectivity index (χ1) is 13.6. The lowest BCUT2D eigenvalue weighted by molar-refractivity contribution is -0.991. The van der Waals surface area contributed by atoms with Gasteiger partial charge in [0.15, 0.2) is 17.2 Å². The van der Waals surface area contributed by atoms with E-state index in [-0.39, 0.29) is 32.1 Å². The summed E-state index contributed by atoms with van der Waals surface area (Å²) < 4.78 is 35.5. The molecule has 10 nitrogen and oxygen atoms in total. The number of halogens is 1. The lowest BCUT2D eigenvalue weighted by Gasteiger charge is -2.14. The highest BCUT2D eigenvalue weighted by Gasteiger charge is 2.22. The zero-order valence-corrected chi connectivity index (χ0v) is 17.2. The normalized spacial score (nSPS) is 12.7. The molecule has 12 heteroatoms. The van der Waals surface area contributed by atoms with Gasteiger partial charge in [0.2, 0.25) is 0 Å². The van der Waals surface area contributed by atoms with Crippen LogP contribution in [-0.2, 0) is 14.9 Å². The Morgan fingerprint density at radius 3 is 2.45 bits per heavy atom. The van der Waals surface area contributed by atoms with Crippen LogP contribution in [0.3, 0.4) is 0 Å². The fourth-order valence-corrected chi connectivity index (χ4v) is 3.76. The number of hydrogen-bond donors (Lipinski definition) is 3. The second kappa shape index (κ2) is 9.03. The molecule has 0 aliphatic heterocycles. The maximum atomic E-state index is 12.5. The van der Waals surface area contributed by atoms with Crippen LogP contribution in [0.15, 0.2) is 51.3 Å². The SMILES string of the molecule is COc1cc(C=C(C#N)C(N)=O)cc(Br)c1OS(=O)(=O)c1ccc([NH+]([O-])O)cc1. The molecule has 1 atom stereocenters. The van der Waals surface area contributed by atoms with E-state index in [1.165, 1.54) is 25.3 Å². The van der Waals surface area contributed by atoms with Gasteiger partial charge in [0.25, 0.3) is 5.91 Å². The maximum absolute atomic E-state index is 12.5. The molecule has 0 saturated carbocycles. The van der Waals surface area contributed by atoms with Crippen LogP contribution < -0.4 is 19.9 Å². The zero-order valence-electron chi connectivity index (χ0n) is 14.7. The highest BCUT2D eigenvalue weighted by molar-refractivity contribution is 9.10. The van der Waals surface area contributed by atoms with E-state index in [2.05, 4.69) is 15.9 Å². The predicted octanol–water partition coefficient (Wildman–Crippen LogP) is 1.02. The molecule has 152 valence electrons. The summed E-state index contributed by atoms with van der Waals surface area (Å²) in [6.45, 7) is 0. The van der Waals surface area contributed by atoms with Gasteiger partial charge in [-0.3, -0.25) is 4.79 Å². The van der Waals surface area contributed by atoms with Crippen LogP contribution in [0.4, 0.5) is 5.69 Å². The summed E-state index contributed by atoms with van der Waals surface area (Å²) in [5.74, 6) is -1.10. The van der Waals surface area contributed by atoms with E-state index < -0.39 is 21.3 Å². The van der Waals surface area contributed by atoms with Crippen LogP contribution in [0, 0.1) is 16.5 Å². The third-order valence-corrected chi connectivity index (χ3v) is 5.36. The smallest absolute Gasteiger partial charge is 0.339 e. The van der Waals surface area contributed by atoms with Gasteiger partial charge < -0.3 is 19.9 Å². The molecule has 0 fully saturated rings. The van der Waals surface area contributed by atoms with E-state index in [1.807, 2.05) is 0 Å². The molecule has 0 aromatic heterocycles. The van der Waals surface area contributed by atoms with E-state index in [9.17, 15) is 18.4 Å². The molecule has 0 bridgehead atoms. The first-order valence-corrected chi connectivity index (χ1v) is 9.86. The number of nitriles is 1. The van der Waals surface area contributed by atoms with Crippen LogP contribution in [-0.4, -0.2) is 26.6 Å². The molecule has 1 amide bonds. The summed E-state index contributed by atoms with van der Waals surface area (Å²) in [5.41, 5.74) is 5.04. The number of methoxy groups -OCH3 is 1. The molecule has 1 unspecified atom stereocenters. The van der Waals surface area contributed by atoms with E-state index in [0.717, 1.165) is 24.3 Å². The van der Waals surface area contributed by atoms with Crippen molar-refractivity contribution in [3.63, 3.8) is 0 Å². The summed E-state index contributed by atoms with van der Waals surface area (Å²) in [6, 6.07) is 8.87. The number of nitrogens with one attached hydrogen (secondary N) is 1. The number of ether oxygens (including phenoxy) is 1. The number of amides is 1. The fourth-order valence-electron chi connectivity index (χ4n) is 2.15. The first-order valence-electron chi connectivity index (χ1n) is 7.66. The van der Waals surface area contributed by atoms with Gasteiger partial charge in [0, 0.05) is 12.1 Å². The Balaban J connectivity index is 2.44. The Hall–Kier alpha value is -2.95. The van der Waals surface area contributed by atoms with Crippen molar-refractivity contribution in [3.05, 3.63) is 57.2 Å². The minimum atomic E-state index is -4.31. The molecule has 0 spiro atoms. The molecule has 2 rings (SSSR count). The Kier molecular flexibility index (Phi) is 6.96. The summed E-state index contributed by atoms with van der Waals surface area (Å²) in [5, 5.41) is 27.5. The minimum Gasteiger partial charge on any atom is -0.595 e. The van der Waals surface area contributed by atoms with Gasteiger partial charge in [-0.25, -0.2) is 5.21 Å². The van der Waals surface area contributed by atoms with E-state index in [1.54, 1.807) is 6.07 Å². The number of benzene rings is 2. The molecular formula is C17H14BrN3O7S. The Morgan fingerprint density at radius 1 is 1.34 bits per heavy atom. The van der Waals surface area contributed by atoms with Crippen molar-refractivity contribution in [2.24, 2.45) is 5.73 Å². The van der Waals surface area contributed by atoms with Gasteiger partial charge in [0.05, 0.1) is 11.6 Å². The third kappa shape index (κ3) is 5.31. The van der Waals surface area contributed by atoms with Crippen LogP contribution in [0.2, 0.25) is 0 Å². The second-order valence-electron chi connectivity index (χ2n) is 5.44. The predicted molar refractivity (Wildman–Crippen MR) is 104 cm³/mol. The summed E-state index contributed by atoms with van der Waals surface area (Å²) in [6.07, 6.45) is 1.21. The van der Waals surface area contributed by atoms with Gasteiger partial charge in [-0.2, -0.15) is 18.9 Å². The quantitative estimate of drug-likeness (QED) is 0.227. The lowest BCUT2D eigenvalue weighted by atomic mass is 10.1. The largest absolute Gasteiger partial charge is 0.595 e. The molecule has 0 saturated heterocycles. The molecule has 0 aliphatic carbocycles. The summed E-state index contributed by atoms with van der Waals surface area (Å²) in [4.78, 5) is 10.9. The molecule has 0 heterocycles. The van der Waals surface area contributed by atoms with Gasteiger partial charge in [-0.15, -0.1) is 0 Å².